The van der Waals surface area contributed by atoms with Crippen LogP contribution < -0.4 is 10.6 Å². The van der Waals surface area contributed by atoms with Gasteiger partial charge in [0.05, 0.1) is 0 Å². The molecule has 3 heteroatoms. The second-order valence-corrected chi connectivity index (χ2v) is 5.68. The molecule has 1 amide bonds. The highest BCUT2D eigenvalue weighted by atomic mass is 16.2. The van der Waals surface area contributed by atoms with Crippen LogP contribution in [0.25, 0.3) is 0 Å². The highest BCUT2D eigenvalue weighted by Crippen LogP contribution is 2.41. The molecule has 98 valence electrons. The molecular weight excluding hydrogens is 212 g/mol. The normalized spacial score (nSPS) is 27.2. The quantitative estimate of drug-likeness (QED) is 0.771. The van der Waals surface area contributed by atoms with Gasteiger partial charge in [-0.3, -0.25) is 4.79 Å². The highest BCUT2D eigenvalue weighted by Gasteiger charge is 2.38. The maximum Gasteiger partial charge on any atom is 0.226 e. The van der Waals surface area contributed by atoms with Crippen molar-refractivity contribution in [3.8, 4) is 0 Å². The molecule has 2 aliphatic rings. The maximum atomic E-state index is 12.2. The predicted octanol–water partition coefficient (Wildman–Crippen LogP) is 2.22. The van der Waals surface area contributed by atoms with Gasteiger partial charge < -0.3 is 10.6 Å². The predicted molar refractivity (Wildman–Crippen MR) is 69.8 cm³/mol. The minimum absolute atomic E-state index is 0.0247. The smallest absolute Gasteiger partial charge is 0.226 e. The molecule has 1 aliphatic carbocycles. The molecule has 0 unspecified atom stereocenters. The van der Waals surface area contributed by atoms with E-state index in [9.17, 15) is 4.79 Å². The van der Waals surface area contributed by atoms with Crippen molar-refractivity contribution in [2.75, 3.05) is 13.1 Å². The number of hydrogen-bond acceptors (Lipinski definition) is 2. The molecule has 3 nitrogen and oxygen atoms in total. The molecule has 17 heavy (non-hydrogen) atoms. The Labute approximate surface area is 105 Å². The van der Waals surface area contributed by atoms with Gasteiger partial charge in [0.25, 0.3) is 0 Å². The van der Waals surface area contributed by atoms with Crippen LogP contribution >= 0.6 is 0 Å². The highest BCUT2D eigenvalue weighted by molar-refractivity contribution is 5.82. The third-order valence-corrected chi connectivity index (χ3v) is 4.66. The summed E-state index contributed by atoms with van der Waals surface area (Å²) in [7, 11) is 0. The molecule has 0 aromatic carbocycles. The van der Waals surface area contributed by atoms with E-state index in [0.29, 0.717) is 11.9 Å². The van der Waals surface area contributed by atoms with Crippen LogP contribution in [0, 0.1) is 5.41 Å². The standard InChI is InChI=1S/C14H26N2O/c1-2-14(8-3-4-9-14)13(17)16-11-7-12-6-5-10-15-12/h12,15H,2-11H2,1H3,(H,16,17)/t12-/m0/s1. The van der Waals surface area contributed by atoms with Crippen LogP contribution in [0.1, 0.15) is 58.3 Å². The van der Waals surface area contributed by atoms with Gasteiger partial charge in [-0.05, 0) is 45.1 Å². The van der Waals surface area contributed by atoms with Gasteiger partial charge >= 0.3 is 0 Å². The third kappa shape index (κ3) is 3.01. The summed E-state index contributed by atoms with van der Waals surface area (Å²) in [5.74, 6) is 0.315. The van der Waals surface area contributed by atoms with Gasteiger partial charge in [0, 0.05) is 18.0 Å². The summed E-state index contributed by atoms with van der Waals surface area (Å²) >= 11 is 0. The Kier molecular flexibility index (Phi) is 4.43. The lowest BCUT2D eigenvalue weighted by atomic mass is 9.82. The van der Waals surface area contributed by atoms with Crippen molar-refractivity contribution in [1.29, 1.82) is 0 Å². The summed E-state index contributed by atoms with van der Waals surface area (Å²) in [4.78, 5) is 12.2. The second kappa shape index (κ2) is 5.85. The lowest BCUT2D eigenvalue weighted by molar-refractivity contribution is -0.131. The molecule has 0 spiro atoms. The van der Waals surface area contributed by atoms with E-state index in [4.69, 9.17) is 0 Å². The van der Waals surface area contributed by atoms with Crippen LogP contribution in [0.4, 0.5) is 0 Å². The SMILES string of the molecule is CCC1(C(=O)NCC[C@@H]2CCCN2)CCCC1. The molecule has 1 saturated heterocycles. The van der Waals surface area contributed by atoms with Crippen molar-refractivity contribution in [2.24, 2.45) is 5.41 Å². The summed E-state index contributed by atoms with van der Waals surface area (Å²) < 4.78 is 0. The number of nitrogens with one attached hydrogen (secondary N) is 2. The number of amides is 1. The average molecular weight is 238 g/mol. The summed E-state index contributed by atoms with van der Waals surface area (Å²) in [6.45, 7) is 4.15. The Bertz CT molecular complexity index is 253. The molecule has 1 heterocycles. The minimum atomic E-state index is -0.0247. The Morgan fingerprint density at radius 3 is 2.71 bits per heavy atom. The Morgan fingerprint density at radius 1 is 1.35 bits per heavy atom. The first-order valence-electron chi connectivity index (χ1n) is 7.28. The largest absolute Gasteiger partial charge is 0.356 e. The van der Waals surface area contributed by atoms with Gasteiger partial charge in [-0.25, -0.2) is 0 Å². The van der Waals surface area contributed by atoms with Crippen LogP contribution in [-0.4, -0.2) is 25.0 Å². The fourth-order valence-corrected chi connectivity index (χ4v) is 3.34. The summed E-state index contributed by atoms with van der Waals surface area (Å²) in [6, 6.07) is 0.636. The second-order valence-electron chi connectivity index (χ2n) is 5.68. The van der Waals surface area contributed by atoms with Gasteiger partial charge in [0.15, 0.2) is 0 Å². The van der Waals surface area contributed by atoms with Crippen LogP contribution in [0.5, 0.6) is 0 Å². The van der Waals surface area contributed by atoms with E-state index in [1.807, 2.05) is 0 Å². The Morgan fingerprint density at radius 2 is 2.12 bits per heavy atom. The molecule has 1 atom stereocenters. The number of rotatable bonds is 5. The first-order chi connectivity index (χ1) is 8.27. The molecule has 0 aromatic heterocycles. The molecule has 0 bridgehead atoms. The van der Waals surface area contributed by atoms with Gasteiger partial charge in [0.1, 0.15) is 0 Å². The first-order valence-corrected chi connectivity index (χ1v) is 7.28. The average Bonchev–Trinajstić information content (AvgIpc) is 3.00. The van der Waals surface area contributed by atoms with Crippen LogP contribution in [0.15, 0.2) is 0 Å². The third-order valence-electron chi connectivity index (χ3n) is 4.66. The zero-order valence-corrected chi connectivity index (χ0v) is 11.1. The molecule has 0 aromatic rings. The van der Waals surface area contributed by atoms with E-state index in [2.05, 4.69) is 17.6 Å². The van der Waals surface area contributed by atoms with Crippen molar-refractivity contribution in [3.63, 3.8) is 0 Å². The summed E-state index contributed by atoms with van der Waals surface area (Å²) in [6.07, 6.45) is 9.29. The number of carbonyl (C=O) groups excluding carboxylic acids is 1. The van der Waals surface area contributed by atoms with Crippen molar-refractivity contribution in [1.82, 2.24) is 10.6 Å². The van der Waals surface area contributed by atoms with E-state index < -0.39 is 0 Å². The molecule has 2 rings (SSSR count). The van der Waals surface area contributed by atoms with Gasteiger partial charge in [0.2, 0.25) is 5.91 Å². The molecule has 1 aliphatic heterocycles. The lowest BCUT2D eigenvalue weighted by Gasteiger charge is -2.26. The van der Waals surface area contributed by atoms with E-state index >= 15 is 0 Å². The number of hydrogen-bond donors (Lipinski definition) is 2. The monoisotopic (exact) mass is 238 g/mol. The van der Waals surface area contributed by atoms with Crippen molar-refractivity contribution in [3.05, 3.63) is 0 Å². The fourth-order valence-electron chi connectivity index (χ4n) is 3.34. The number of carbonyl (C=O) groups is 1. The van der Waals surface area contributed by atoms with Gasteiger partial charge in [-0.15, -0.1) is 0 Å². The van der Waals surface area contributed by atoms with Gasteiger partial charge in [-0.2, -0.15) is 0 Å². The molecule has 2 N–H and O–H groups in total. The molecule has 1 saturated carbocycles. The van der Waals surface area contributed by atoms with E-state index in [1.165, 1.54) is 25.7 Å². The van der Waals surface area contributed by atoms with E-state index in [-0.39, 0.29) is 5.41 Å². The van der Waals surface area contributed by atoms with Crippen LogP contribution in [-0.2, 0) is 4.79 Å². The summed E-state index contributed by atoms with van der Waals surface area (Å²) in [5.41, 5.74) is -0.0247. The Balaban J connectivity index is 1.72. The minimum Gasteiger partial charge on any atom is -0.356 e. The van der Waals surface area contributed by atoms with Crippen molar-refractivity contribution in [2.45, 2.75) is 64.3 Å². The van der Waals surface area contributed by atoms with Crippen LogP contribution in [0.3, 0.4) is 0 Å². The first kappa shape index (κ1) is 12.9. The van der Waals surface area contributed by atoms with E-state index in [0.717, 1.165) is 38.8 Å². The maximum absolute atomic E-state index is 12.2. The van der Waals surface area contributed by atoms with Crippen molar-refractivity contribution < 1.29 is 4.79 Å². The summed E-state index contributed by atoms with van der Waals surface area (Å²) in [5, 5.41) is 6.64. The topological polar surface area (TPSA) is 41.1 Å². The zero-order valence-electron chi connectivity index (χ0n) is 11.1. The molecular formula is C14H26N2O. The zero-order chi connectivity index (χ0) is 12.1. The molecule has 2 fully saturated rings. The van der Waals surface area contributed by atoms with Gasteiger partial charge in [-0.1, -0.05) is 19.8 Å². The lowest BCUT2D eigenvalue weighted by Crippen LogP contribution is -2.40. The molecule has 0 radical (unpaired) electrons. The fraction of sp³-hybridized carbons (Fsp3) is 0.929. The van der Waals surface area contributed by atoms with Crippen molar-refractivity contribution >= 4 is 5.91 Å². The van der Waals surface area contributed by atoms with E-state index in [1.54, 1.807) is 0 Å². The van der Waals surface area contributed by atoms with Crippen LogP contribution in [0.2, 0.25) is 0 Å². The Hall–Kier alpha value is -0.570.